The van der Waals surface area contributed by atoms with Crippen LogP contribution < -0.4 is 4.74 Å². The molecule has 30 heavy (non-hydrogen) atoms. The van der Waals surface area contributed by atoms with Gasteiger partial charge in [0.05, 0.1) is 13.2 Å². The first-order valence-corrected chi connectivity index (χ1v) is 10.6. The summed E-state index contributed by atoms with van der Waals surface area (Å²) in [6, 6.07) is 6.07. The molecule has 5 heteroatoms. The summed E-state index contributed by atoms with van der Waals surface area (Å²) < 4.78 is 11.0. The number of fused-ring (bicyclic) bond motifs is 3. The fourth-order valence-electron chi connectivity index (χ4n) is 4.42. The Kier molecular flexibility index (Phi) is 7.33. The van der Waals surface area contributed by atoms with E-state index in [0.717, 1.165) is 23.3 Å². The molecule has 0 amide bonds. The highest BCUT2D eigenvalue weighted by atomic mass is 16.5. The lowest BCUT2D eigenvalue weighted by Gasteiger charge is -2.17. The van der Waals surface area contributed by atoms with Crippen LogP contribution in [0.5, 0.6) is 5.75 Å². The summed E-state index contributed by atoms with van der Waals surface area (Å²) in [7, 11) is 1.40. The van der Waals surface area contributed by atoms with E-state index in [-0.39, 0.29) is 35.6 Å². The van der Waals surface area contributed by atoms with Gasteiger partial charge in [-0.05, 0) is 31.4 Å². The molecule has 5 atom stereocenters. The maximum Gasteiger partial charge on any atom is 0.305 e. The molecule has 5 nitrogen and oxygen atoms in total. The minimum atomic E-state index is -0.536. The van der Waals surface area contributed by atoms with Gasteiger partial charge in [0, 0.05) is 42.6 Å². The van der Waals surface area contributed by atoms with Crippen LogP contribution in [0.2, 0.25) is 0 Å². The highest BCUT2D eigenvalue weighted by Crippen LogP contribution is 2.52. The van der Waals surface area contributed by atoms with Crippen LogP contribution in [-0.2, 0) is 20.7 Å². The lowest BCUT2D eigenvalue weighted by atomic mass is 9.86. The number of rotatable bonds is 8. The molecule has 1 fully saturated rings. The summed E-state index contributed by atoms with van der Waals surface area (Å²) in [6.07, 6.45) is 5.72. The number of hydrogen-bond acceptors (Lipinski definition) is 5. The van der Waals surface area contributed by atoms with E-state index in [1.165, 1.54) is 7.11 Å². The number of ketones is 1. The first kappa shape index (κ1) is 22.1. The Morgan fingerprint density at radius 1 is 1.40 bits per heavy atom. The molecule has 1 aromatic carbocycles. The summed E-state index contributed by atoms with van der Waals surface area (Å²) in [6.45, 7) is 3.64. The van der Waals surface area contributed by atoms with Crippen LogP contribution in [0, 0.1) is 23.7 Å². The highest BCUT2D eigenvalue weighted by molar-refractivity contribution is 5.91. The van der Waals surface area contributed by atoms with Gasteiger partial charge in [-0.25, -0.2) is 0 Å². The number of esters is 1. The van der Waals surface area contributed by atoms with Crippen molar-refractivity contribution in [3.63, 3.8) is 0 Å². The van der Waals surface area contributed by atoms with Crippen LogP contribution in [0.4, 0.5) is 0 Å². The van der Waals surface area contributed by atoms with E-state index >= 15 is 0 Å². The van der Waals surface area contributed by atoms with E-state index in [2.05, 4.69) is 11.8 Å². The predicted octanol–water partition coefficient (Wildman–Crippen LogP) is 3.58. The fraction of sp³-hybridized carbons (Fsp3) is 0.520. The van der Waals surface area contributed by atoms with Crippen LogP contribution in [0.15, 0.2) is 30.4 Å². The van der Waals surface area contributed by atoms with Crippen molar-refractivity contribution in [3.05, 3.63) is 41.5 Å². The van der Waals surface area contributed by atoms with Crippen LogP contribution >= 0.6 is 0 Å². The van der Waals surface area contributed by atoms with E-state index in [9.17, 15) is 14.7 Å². The Labute approximate surface area is 178 Å². The van der Waals surface area contributed by atoms with E-state index < -0.39 is 6.10 Å². The quantitative estimate of drug-likeness (QED) is 0.403. The summed E-state index contributed by atoms with van der Waals surface area (Å²) >= 11 is 0. The van der Waals surface area contributed by atoms with Crippen molar-refractivity contribution in [2.24, 2.45) is 11.8 Å². The van der Waals surface area contributed by atoms with Crippen LogP contribution in [-0.4, -0.2) is 36.2 Å². The van der Waals surface area contributed by atoms with Gasteiger partial charge in [0.15, 0.2) is 5.78 Å². The van der Waals surface area contributed by atoms with Crippen LogP contribution in [0.25, 0.3) is 0 Å². The van der Waals surface area contributed by atoms with Gasteiger partial charge in [-0.2, -0.15) is 0 Å². The van der Waals surface area contributed by atoms with E-state index in [1.807, 2.05) is 31.2 Å². The van der Waals surface area contributed by atoms with Gasteiger partial charge in [-0.1, -0.05) is 31.2 Å². The Hall–Kier alpha value is -2.58. The molecular formula is C25H30O5. The standard InChI is InChI=1S/C25H30O5/c1-4-5-8-16(2)20(26)14-13-18-21(27)15-22-24(18)19-11-6-9-17(25(19)30-22)10-7-12-23(28)29-3/h6,9,11,13-14,16,18,21-22,24,27H,7-8,10,12,15H2,1-3H3/b14-13+/t16-,18-,21+,22-,24-/m0/s1. The fourth-order valence-corrected chi connectivity index (χ4v) is 4.42. The van der Waals surface area contributed by atoms with Crippen molar-refractivity contribution >= 4 is 11.8 Å². The van der Waals surface area contributed by atoms with Crippen molar-refractivity contribution < 1.29 is 24.2 Å². The van der Waals surface area contributed by atoms with Gasteiger partial charge in [0.1, 0.15) is 11.9 Å². The molecule has 1 N–H and O–H groups in total. The molecule has 1 heterocycles. The Balaban J connectivity index is 1.73. The number of aryl methyl sites for hydroxylation is 1. The molecule has 1 aromatic rings. The van der Waals surface area contributed by atoms with Crippen molar-refractivity contribution in [1.82, 2.24) is 0 Å². The van der Waals surface area contributed by atoms with Gasteiger partial charge in [-0.3, -0.25) is 9.59 Å². The monoisotopic (exact) mass is 410 g/mol. The van der Waals surface area contributed by atoms with Crippen LogP contribution in [0.1, 0.15) is 56.6 Å². The lowest BCUT2D eigenvalue weighted by molar-refractivity contribution is -0.140. The molecule has 0 spiro atoms. The number of para-hydroxylation sites is 1. The summed E-state index contributed by atoms with van der Waals surface area (Å²) in [5, 5.41) is 10.6. The lowest BCUT2D eigenvalue weighted by Crippen LogP contribution is -2.17. The Bertz CT molecular complexity index is 875. The first-order valence-electron chi connectivity index (χ1n) is 10.6. The molecule has 0 radical (unpaired) electrons. The normalized spacial score (nSPS) is 25.1. The molecule has 1 aliphatic heterocycles. The zero-order valence-electron chi connectivity index (χ0n) is 17.9. The number of ether oxygens (including phenoxy) is 2. The molecule has 3 rings (SSSR count). The third kappa shape index (κ3) is 4.76. The van der Waals surface area contributed by atoms with Gasteiger partial charge in [0.2, 0.25) is 0 Å². The molecule has 1 aliphatic carbocycles. The molecule has 0 bridgehead atoms. The van der Waals surface area contributed by atoms with Crippen molar-refractivity contribution in [3.8, 4) is 17.6 Å². The maximum atomic E-state index is 12.4. The number of carbonyl (C=O) groups excluding carboxylic acids is 2. The molecule has 1 saturated carbocycles. The summed E-state index contributed by atoms with van der Waals surface area (Å²) in [5.74, 6) is 6.18. The van der Waals surface area contributed by atoms with E-state index in [4.69, 9.17) is 9.47 Å². The number of aliphatic hydroxyl groups is 1. The number of methoxy groups -OCH3 is 1. The van der Waals surface area contributed by atoms with E-state index in [0.29, 0.717) is 25.7 Å². The van der Waals surface area contributed by atoms with E-state index in [1.54, 1.807) is 13.0 Å². The minimum Gasteiger partial charge on any atom is -0.489 e. The third-order valence-corrected chi connectivity index (χ3v) is 6.10. The first-order chi connectivity index (χ1) is 14.5. The smallest absolute Gasteiger partial charge is 0.305 e. The van der Waals surface area contributed by atoms with Gasteiger partial charge in [-0.15, -0.1) is 11.8 Å². The predicted molar refractivity (Wildman–Crippen MR) is 114 cm³/mol. The second-order valence-electron chi connectivity index (χ2n) is 8.12. The Morgan fingerprint density at radius 3 is 2.93 bits per heavy atom. The molecule has 160 valence electrons. The van der Waals surface area contributed by atoms with Crippen molar-refractivity contribution in [2.45, 2.75) is 64.1 Å². The second kappa shape index (κ2) is 9.95. The average molecular weight is 411 g/mol. The van der Waals surface area contributed by atoms with Crippen molar-refractivity contribution in [2.75, 3.05) is 7.11 Å². The zero-order valence-corrected chi connectivity index (χ0v) is 17.9. The molecule has 0 saturated heterocycles. The number of hydrogen-bond donors (Lipinski definition) is 1. The van der Waals surface area contributed by atoms with Gasteiger partial charge >= 0.3 is 5.97 Å². The topological polar surface area (TPSA) is 72.8 Å². The molecule has 2 aliphatic rings. The van der Waals surface area contributed by atoms with Gasteiger partial charge < -0.3 is 14.6 Å². The minimum absolute atomic E-state index is 0.0316. The maximum absolute atomic E-state index is 12.4. The number of aliphatic hydroxyl groups excluding tert-OH is 1. The number of benzene rings is 1. The molecule has 0 aromatic heterocycles. The van der Waals surface area contributed by atoms with Crippen molar-refractivity contribution in [1.29, 1.82) is 0 Å². The SMILES string of the molecule is CC#CC[C@H](C)C(=O)/C=C/[C@@H]1[C@H]2c3cccc(CCCC(=O)OC)c3O[C@H]2C[C@H]1O. The summed E-state index contributed by atoms with van der Waals surface area (Å²) in [5.41, 5.74) is 2.16. The largest absolute Gasteiger partial charge is 0.489 e. The highest BCUT2D eigenvalue weighted by Gasteiger charge is 2.48. The molecule has 0 unspecified atom stereocenters. The third-order valence-electron chi connectivity index (χ3n) is 6.10. The zero-order chi connectivity index (χ0) is 21.7. The average Bonchev–Trinajstić information content (AvgIpc) is 3.25. The van der Waals surface area contributed by atoms with Gasteiger partial charge in [0.25, 0.3) is 0 Å². The summed E-state index contributed by atoms with van der Waals surface area (Å²) in [4.78, 5) is 23.8. The second-order valence-corrected chi connectivity index (χ2v) is 8.12. The number of allylic oxidation sites excluding steroid dienone is 1. The van der Waals surface area contributed by atoms with Crippen LogP contribution in [0.3, 0.4) is 0 Å². The molecular weight excluding hydrogens is 380 g/mol. The number of carbonyl (C=O) groups is 2. The Morgan fingerprint density at radius 2 is 2.20 bits per heavy atom.